The molecule has 0 radical (unpaired) electrons. The third-order valence-electron chi connectivity index (χ3n) is 2.88. The third-order valence-corrected chi connectivity index (χ3v) is 2.88. The molecule has 0 aromatic carbocycles. The van der Waals surface area contributed by atoms with Crippen LogP contribution in [0.2, 0.25) is 0 Å². The van der Waals surface area contributed by atoms with E-state index in [9.17, 15) is 0 Å². The average molecular weight is 212 g/mol. The molecule has 1 unspecified atom stereocenters. The lowest BCUT2D eigenvalue weighted by atomic mass is 9.98. The van der Waals surface area contributed by atoms with Gasteiger partial charge in [0.15, 0.2) is 0 Å². The van der Waals surface area contributed by atoms with Crippen molar-refractivity contribution in [2.45, 2.75) is 12.8 Å². The van der Waals surface area contributed by atoms with Crippen molar-refractivity contribution in [1.82, 2.24) is 10.2 Å². The van der Waals surface area contributed by atoms with Crippen LogP contribution < -0.4 is 5.32 Å². The summed E-state index contributed by atoms with van der Waals surface area (Å²) in [5.74, 6) is 0.714. The molecule has 88 valence electrons. The average Bonchev–Trinajstić information content (AvgIpc) is 2.19. The maximum atomic E-state index is 5.22. The van der Waals surface area contributed by atoms with Crippen LogP contribution in [0.3, 0.4) is 0 Å². The number of likely N-dealkylation sites (tertiary alicyclic amines) is 1. The van der Waals surface area contributed by atoms with Crippen LogP contribution in [0.1, 0.15) is 12.8 Å². The minimum atomic E-state index is 0.714. The highest BCUT2D eigenvalue weighted by molar-refractivity contribution is 5.00. The van der Waals surface area contributed by atoms with E-state index < -0.39 is 0 Å². The Balaban J connectivity index is 2.26. The highest BCUT2D eigenvalue weighted by atomic mass is 16.5. The van der Waals surface area contributed by atoms with Gasteiger partial charge in [0.2, 0.25) is 0 Å². The minimum Gasteiger partial charge on any atom is -0.384 e. The number of methoxy groups -OCH3 is 1. The summed E-state index contributed by atoms with van der Waals surface area (Å²) < 4.78 is 5.22. The van der Waals surface area contributed by atoms with E-state index in [1.165, 1.54) is 25.0 Å². The first kappa shape index (κ1) is 12.7. The van der Waals surface area contributed by atoms with Crippen molar-refractivity contribution in [2.24, 2.45) is 5.92 Å². The molecule has 1 fully saturated rings. The van der Waals surface area contributed by atoms with Gasteiger partial charge in [-0.1, -0.05) is 6.58 Å². The second-order valence-corrected chi connectivity index (χ2v) is 4.48. The quantitative estimate of drug-likeness (QED) is 0.668. The SMILES string of the molecule is C=C(CNC)CN1CCCC(COC)C1. The monoisotopic (exact) mass is 212 g/mol. The van der Waals surface area contributed by atoms with Crippen LogP contribution in [-0.2, 0) is 4.74 Å². The Bertz CT molecular complexity index is 192. The zero-order chi connectivity index (χ0) is 11.1. The molecule has 3 heteroatoms. The van der Waals surface area contributed by atoms with E-state index >= 15 is 0 Å². The number of hydrogen-bond donors (Lipinski definition) is 1. The van der Waals surface area contributed by atoms with Crippen molar-refractivity contribution in [3.05, 3.63) is 12.2 Å². The van der Waals surface area contributed by atoms with Gasteiger partial charge in [0.25, 0.3) is 0 Å². The van der Waals surface area contributed by atoms with Crippen LogP contribution in [0.5, 0.6) is 0 Å². The summed E-state index contributed by atoms with van der Waals surface area (Å²) >= 11 is 0. The lowest BCUT2D eigenvalue weighted by Crippen LogP contribution is -2.38. The van der Waals surface area contributed by atoms with E-state index in [4.69, 9.17) is 4.74 Å². The normalized spacial score (nSPS) is 22.9. The van der Waals surface area contributed by atoms with Crippen LogP contribution in [-0.4, -0.2) is 51.8 Å². The van der Waals surface area contributed by atoms with Crippen molar-refractivity contribution in [3.63, 3.8) is 0 Å². The first-order valence-corrected chi connectivity index (χ1v) is 5.78. The molecule has 1 heterocycles. The Morgan fingerprint density at radius 1 is 1.60 bits per heavy atom. The van der Waals surface area contributed by atoms with Gasteiger partial charge in [0, 0.05) is 26.7 Å². The lowest BCUT2D eigenvalue weighted by molar-refractivity contribution is 0.0947. The lowest BCUT2D eigenvalue weighted by Gasteiger charge is -2.32. The van der Waals surface area contributed by atoms with Gasteiger partial charge >= 0.3 is 0 Å². The number of piperidine rings is 1. The minimum absolute atomic E-state index is 0.714. The number of rotatable bonds is 6. The zero-order valence-corrected chi connectivity index (χ0v) is 10.1. The fourth-order valence-corrected chi connectivity index (χ4v) is 2.29. The molecule has 15 heavy (non-hydrogen) atoms. The fourth-order valence-electron chi connectivity index (χ4n) is 2.29. The molecule has 0 saturated carbocycles. The van der Waals surface area contributed by atoms with Gasteiger partial charge in [-0.15, -0.1) is 0 Å². The van der Waals surface area contributed by atoms with Gasteiger partial charge in [-0.2, -0.15) is 0 Å². The Morgan fingerprint density at radius 3 is 3.07 bits per heavy atom. The maximum absolute atomic E-state index is 5.22. The standard InChI is InChI=1S/C12H24N2O/c1-11(7-13-2)8-14-6-4-5-12(9-14)10-15-3/h12-13H,1,4-10H2,2-3H3. The molecule has 1 aliphatic rings. The molecule has 1 N–H and O–H groups in total. The maximum Gasteiger partial charge on any atom is 0.0502 e. The molecular weight excluding hydrogens is 188 g/mol. The predicted octanol–water partition coefficient (Wildman–Crippen LogP) is 1.12. The molecule has 0 bridgehead atoms. The molecule has 0 amide bonds. The predicted molar refractivity (Wildman–Crippen MR) is 64.1 cm³/mol. The summed E-state index contributed by atoms with van der Waals surface area (Å²) in [6.45, 7) is 9.30. The summed E-state index contributed by atoms with van der Waals surface area (Å²) in [6.07, 6.45) is 2.60. The zero-order valence-electron chi connectivity index (χ0n) is 10.1. The molecular formula is C12H24N2O. The largest absolute Gasteiger partial charge is 0.384 e. The van der Waals surface area contributed by atoms with Crippen molar-refractivity contribution in [3.8, 4) is 0 Å². The number of likely N-dealkylation sites (N-methyl/N-ethyl adjacent to an activating group) is 1. The first-order chi connectivity index (χ1) is 7.26. The Kier molecular flexibility index (Phi) is 5.91. The molecule has 0 aromatic rings. The molecule has 3 nitrogen and oxygen atoms in total. The van der Waals surface area contributed by atoms with Crippen LogP contribution in [0.15, 0.2) is 12.2 Å². The van der Waals surface area contributed by atoms with Crippen molar-refractivity contribution in [1.29, 1.82) is 0 Å². The number of ether oxygens (including phenoxy) is 1. The van der Waals surface area contributed by atoms with E-state index in [1.807, 2.05) is 7.05 Å². The Hall–Kier alpha value is -0.380. The summed E-state index contributed by atoms with van der Waals surface area (Å²) in [5.41, 5.74) is 1.27. The molecule has 0 aliphatic carbocycles. The first-order valence-electron chi connectivity index (χ1n) is 5.78. The van der Waals surface area contributed by atoms with Gasteiger partial charge in [-0.3, -0.25) is 4.90 Å². The topological polar surface area (TPSA) is 24.5 Å². The number of hydrogen-bond acceptors (Lipinski definition) is 3. The molecule has 1 rings (SSSR count). The Morgan fingerprint density at radius 2 is 2.40 bits per heavy atom. The van der Waals surface area contributed by atoms with Crippen molar-refractivity contribution < 1.29 is 4.74 Å². The Labute approximate surface area is 93.5 Å². The van der Waals surface area contributed by atoms with Gasteiger partial charge in [-0.05, 0) is 37.9 Å². The van der Waals surface area contributed by atoms with E-state index in [0.717, 1.165) is 26.2 Å². The van der Waals surface area contributed by atoms with Gasteiger partial charge in [0.05, 0.1) is 6.61 Å². The second-order valence-electron chi connectivity index (χ2n) is 4.48. The van der Waals surface area contributed by atoms with E-state index in [1.54, 1.807) is 7.11 Å². The fraction of sp³-hybridized carbons (Fsp3) is 0.833. The summed E-state index contributed by atoms with van der Waals surface area (Å²) in [5, 5.41) is 3.14. The van der Waals surface area contributed by atoms with Crippen LogP contribution in [0, 0.1) is 5.92 Å². The highest BCUT2D eigenvalue weighted by Crippen LogP contribution is 2.17. The molecule has 0 spiro atoms. The smallest absolute Gasteiger partial charge is 0.0502 e. The summed E-state index contributed by atoms with van der Waals surface area (Å²) in [4.78, 5) is 2.49. The van der Waals surface area contributed by atoms with E-state index in [-0.39, 0.29) is 0 Å². The molecule has 0 aromatic heterocycles. The summed E-state index contributed by atoms with van der Waals surface area (Å²) in [6, 6.07) is 0. The van der Waals surface area contributed by atoms with Gasteiger partial charge < -0.3 is 10.1 Å². The van der Waals surface area contributed by atoms with Crippen LogP contribution in [0.25, 0.3) is 0 Å². The third kappa shape index (κ3) is 4.78. The summed E-state index contributed by atoms with van der Waals surface area (Å²) in [7, 11) is 3.76. The number of nitrogens with zero attached hydrogens (tertiary/aromatic N) is 1. The molecule has 1 saturated heterocycles. The van der Waals surface area contributed by atoms with E-state index in [0.29, 0.717) is 5.92 Å². The molecule has 1 aliphatic heterocycles. The van der Waals surface area contributed by atoms with Gasteiger partial charge in [-0.25, -0.2) is 0 Å². The second kappa shape index (κ2) is 6.99. The van der Waals surface area contributed by atoms with Crippen molar-refractivity contribution in [2.75, 3.05) is 46.9 Å². The van der Waals surface area contributed by atoms with Gasteiger partial charge in [0.1, 0.15) is 0 Å². The number of nitrogens with one attached hydrogen (secondary N) is 1. The van der Waals surface area contributed by atoms with Crippen molar-refractivity contribution >= 4 is 0 Å². The van der Waals surface area contributed by atoms with Crippen LogP contribution in [0.4, 0.5) is 0 Å². The molecule has 1 atom stereocenters. The van der Waals surface area contributed by atoms with E-state index in [2.05, 4.69) is 16.8 Å². The highest BCUT2D eigenvalue weighted by Gasteiger charge is 2.19. The van der Waals surface area contributed by atoms with Crippen LogP contribution >= 0.6 is 0 Å².